The van der Waals surface area contributed by atoms with E-state index in [0.717, 1.165) is 12.1 Å². The minimum absolute atomic E-state index is 0.419. The molecule has 0 aromatic heterocycles. The number of aliphatic hydroxyl groups is 1. The first-order chi connectivity index (χ1) is 8.27. The van der Waals surface area contributed by atoms with Crippen molar-refractivity contribution in [1.29, 1.82) is 0 Å². The van der Waals surface area contributed by atoms with Crippen molar-refractivity contribution in [2.75, 3.05) is 0 Å². The van der Waals surface area contributed by atoms with E-state index in [9.17, 15) is 18.3 Å². The molecule has 18 heavy (non-hydrogen) atoms. The van der Waals surface area contributed by atoms with E-state index in [0.29, 0.717) is 24.8 Å². The van der Waals surface area contributed by atoms with Crippen LogP contribution >= 0.6 is 0 Å². The van der Waals surface area contributed by atoms with Crippen molar-refractivity contribution in [3.63, 3.8) is 0 Å². The van der Waals surface area contributed by atoms with Gasteiger partial charge in [0.25, 0.3) is 0 Å². The SMILES string of the molecule is C#CCCCC(C)(O)c1ccc(C(F)(F)F)cc1. The summed E-state index contributed by atoms with van der Waals surface area (Å²) in [5.41, 5.74) is -1.40. The fraction of sp³-hybridized carbons (Fsp3) is 0.429. The Kier molecular flexibility index (Phi) is 4.42. The zero-order chi connectivity index (χ0) is 13.8. The predicted octanol–water partition coefficient (Wildman–Crippen LogP) is 3.72. The van der Waals surface area contributed by atoms with Crippen molar-refractivity contribution < 1.29 is 18.3 Å². The van der Waals surface area contributed by atoms with Gasteiger partial charge in [-0.25, -0.2) is 0 Å². The standard InChI is InChI=1S/C14H15F3O/c1-3-4-5-10-13(2,18)11-6-8-12(9-7-11)14(15,16)17/h1,6-9,18H,4-5,10H2,2H3. The zero-order valence-corrected chi connectivity index (χ0v) is 10.1. The zero-order valence-electron chi connectivity index (χ0n) is 10.1. The number of halogens is 3. The molecule has 1 aromatic rings. The molecule has 98 valence electrons. The molecule has 1 aromatic carbocycles. The van der Waals surface area contributed by atoms with Gasteiger partial charge in [0, 0.05) is 6.42 Å². The number of rotatable bonds is 4. The van der Waals surface area contributed by atoms with Gasteiger partial charge in [-0.3, -0.25) is 0 Å². The lowest BCUT2D eigenvalue weighted by Gasteiger charge is -2.24. The molecule has 0 saturated heterocycles. The lowest BCUT2D eigenvalue weighted by molar-refractivity contribution is -0.137. The van der Waals surface area contributed by atoms with Crippen molar-refractivity contribution in [2.24, 2.45) is 0 Å². The van der Waals surface area contributed by atoms with Crippen LogP contribution in [0, 0.1) is 12.3 Å². The average Bonchev–Trinajstić information content (AvgIpc) is 2.28. The second-order valence-electron chi connectivity index (χ2n) is 4.41. The third-order valence-electron chi connectivity index (χ3n) is 2.82. The van der Waals surface area contributed by atoms with Gasteiger partial charge in [-0.05, 0) is 37.5 Å². The van der Waals surface area contributed by atoms with Crippen LogP contribution in [0.4, 0.5) is 13.2 Å². The van der Waals surface area contributed by atoms with E-state index in [2.05, 4.69) is 5.92 Å². The number of terminal acetylenes is 1. The summed E-state index contributed by atoms with van der Waals surface area (Å²) in [5.74, 6) is 2.46. The molecule has 0 saturated carbocycles. The Labute approximate surface area is 105 Å². The first-order valence-corrected chi connectivity index (χ1v) is 5.61. The Morgan fingerprint density at radius 2 is 1.67 bits per heavy atom. The van der Waals surface area contributed by atoms with E-state index in [4.69, 9.17) is 6.42 Å². The van der Waals surface area contributed by atoms with Crippen molar-refractivity contribution in [1.82, 2.24) is 0 Å². The van der Waals surface area contributed by atoms with Crippen LogP contribution in [-0.4, -0.2) is 5.11 Å². The summed E-state index contributed by atoms with van der Waals surface area (Å²) in [4.78, 5) is 0. The fourth-order valence-corrected chi connectivity index (χ4v) is 1.70. The van der Waals surface area contributed by atoms with Crippen LogP contribution in [0.1, 0.15) is 37.3 Å². The van der Waals surface area contributed by atoms with E-state index in [1.165, 1.54) is 12.1 Å². The molecule has 1 N–H and O–H groups in total. The lowest BCUT2D eigenvalue weighted by atomic mass is 9.90. The highest BCUT2D eigenvalue weighted by Gasteiger charge is 2.31. The summed E-state index contributed by atoms with van der Waals surface area (Å²) in [6.07, 6.45) is 2.34. The van der Waals surface area contributed by atoms with Crippen LogP contribution in [0.15, 0.2) is 24.3 Å². The Balaban J connectivity index is 2.81. The Hall–Kier alpha value is -1.47. The molecule has 0 amide bonds. The number of hydrogen-bond donors (Lipinski definition) is 1. The molecule has 0 aliphatic heterocycles. The van der Waals surface area contributed by atoms with Gasteiger partial charge >= 0.3 is 6.18 Å². The maximum Gasteiger partial charge on any atom is 0.416 e. The highest BCUT2D eigenvalue weighted by molar-refractivity contribution is 5.28. The van der Waals surface area contributed by atoms with Crippen LogP contribution in [0.3, 0.4) is 0 Å². The number of unbranched alkanes of at least 4 members (excludes halogenated alkanes) is 1. The molecule has 1 nitrogen and oxygen atoms in total. The van der Waals surface area contributed by atoms with Crippen LogP contribution in [0.2, 0.25) is 0 Å². The third-order valence-corrected chi connectivity index (χ3v) is 2.82. The van der Waals surface area contributed by atoms with Gasteiger partial charge < -0.3 is 5.11 Å². The highest BCUT2D eigenvalue weighted by Crippen LogP contribution is 2.32. The van der Waals surface area contributed by atoms with Crippen molar-refractivity contribution in [3.8, 4) is 12.3 Å². The molecule has 1 unspecified atom stereocenters. The minimum atomic E-state index is -4.35. The van der Waals surface area contributed by atoms with Gasteiger partial charge in [-0.1, -0.05) is 12.1 Å². The maximum absolute atomic E-state index is 12.4. The molecule has 1 rings (SSSR count). The molecule has 0 heterocycles. The minimum Gasteiger partial charge on any atom is -0.385 e. The predicted molar refractivity (Wildman–Crippen MR) is 63.7 cm³/mol. The second-order valence-corrected chi connectivity index (χ2v) is 4.41. The number of benzene rings is 1. The molecule has 0 spiro atoms. The van der Waals surface area contributed by atoms with Gasteiger partial charge in [-0.15, -0.1) is 12.3 Å². The van der Waals surface area contributed by atoms with Crippen molar-refractivity contribution in [3.05, 3.63) is 35.4 Å². The third kappa shape index (κ3) is 3.78. The Morgan fingerprint density at radius 1 is 1.17 bits per heavy atom. The first-order valence-electron chi connectivity index (χ1n) is 5.61. The van der Waals surface area contributed by atoms with Crippen LogP contribution < -0.4 is 0 Å². The summed E-state index contributed by atoms with van der Waals surface area (Å²) in [7, 11) is 0. The quantitative estimate of drug-likeness (QED) is 0.643. The van der Waals surface area contributed by atoms with Crippen molar-refractivity contribution in [2.45, 2.75) is 38.0 Å². The van der Waals surface area contributed by atoms with Gasteiger partial charge in [0.2, 0.25) is 0 Å². The average molecular weight is 256 g/mol. The Bertz CT molecular complexity index is 424. The summed E-state index contributed by atoms with van der Waals surface area (Å²) < 4.78 is 37.1. The molecule has 0 aliphatic rings. The molecule has 0 bridgehead atoms. The molecule has 1 atom stereocenters. The molecule has 0 fully saturated rings. The van der Waals surface area contributed by atoms with E-state index in [1.807, 2.05) is 0 Å². The summed E-state index contributed by atoms with van der Waals surface area (Å²) in [6, 6.07) is 4.56. The number of alkyl halides is 3. The molecule has 0 radical (unpaired) electrons. The van der Waals surface area contributed by atoms with E-state index < -0.39 is 17.3 Å². The van der Waals surface area contributed by atoms with Gasteiger partial charge in [0.1, 0.15) is 0 Å². The Morgan fingerprint density at radius 3 is 2.11 bits per heavy atom. The highest BCUT2D eigenvalue weighted by atomic mass is 19.4. The number of hydrogen-bond acceptors (Lipinski definition) is 1. The molecular formula is C14H15F3O. The monoisotopic (exact) mass is 256 g/mol. The second kappa shape index (κ2) is 5.45. The molecular weight excluding hydrogens is 241 g/mol. The fourth-order valence-electron chi connectivity index (χ4n) is 1.70. The van der Waals surface area contributed by atoms with Crippen LogP contribution in [-0.2, 0) is 11.8 Å². The van der Waals surface area contributed by atoms with Gasteiger partial charge in [0.15, 0.2) is 0 Å². The molecule has 0 aliphatic carbocycles. The summed E-state index contributed by atoms with van der Waals surface area (Å²) in [6.45, 7) is 1.58. The van der Waals surface area contributed by atoms with Gasteiger partial charge in [0.05, 0.1) is 11.2 Å². The van der Waals surface area contributed by atoms with Crippen LogP contribution in [0.5, 0.6) is 0 Å². The maximum atomic E-state index is 12.4. The largest absolute Gasteiger partial charge is 0.416 e. The van der Waals surface area contributed by atoms with E-state index >= 15 is 0 Å². The lowest BCUT2D eigenvalue weighted by Crippen LogP contribution is -2.21. The smallest absolute Gasteiger partial charge is 0.385 e. The van der Waals surface area contributed by atoms with Crippen molar-refractivity contribution >= 4 is 0 Å². The molecule has 4 heteroatoms. The topological polar surface area (TPSA) is 20.2 Å². The van der Waals surface area contributed by atoms with Crippen LogP contribution in [0.25, 0.3) is 0 Å². The van der Waals surface area contributed by atoms with Gasteiger partial charge in [-0.2, -0.15) is 13.2 Å². The summed E-state index contributed by atoms with van der Waals surface area (Å²) in [5, 5.41) is 10.2. The van der Waals surface area contributed by atoms with E-state index in [1.54, 1.807) is 6.92 Å². The van der Waals surface area contributed by atoms with E-state index in [-0.39, 0.29) is 0 Å². The first kappa shape index (κ1) is 14.6. The summed E-state index contributed by atoms with van der Waals surface area (Å²) >= 11 is 0. The normalized spacial score (nSPS) is 14.9.